The van der Waals surface area contributed by atoms with Gasteiger partial charge in [0.2, 0.25) is 0 Å². The molecule has 138 valence electrons. The average Bonchev–Trinajstić information content (AvgIpc) is 2.60. The molecule has 0 unspecified atom stereocenters. The van der Waals surface area contributed by atoms with Crippen LogP contribution in [0.3, 0.4) is 0 Å². The van der Waals surface area contributed by atoms with E-state index in [-0.39, 0.29) is 45.9 Å². The van der Waals surface area contributed by atoms with Crippen LogP contribution in [-0.2, 0) is 4.79 Å². The Morgan fingerprint density at radius 3 is 2.44 bits per heavy atom. The number of nitro groups is 1. The van der Waals surface area contributed by atoms with Crippen molar-refractivity contribution in [2.24, 2.45) is 0 Å². The normalized spacial score (nSPS) is 12.0. The Bertz CT molecular complexity index is 1100. The van der Waals surface area contributed by atoms with E-state index in [0.717, 1.165) is 0 Å². The maximum Gasteiger partial charge on any atom is 0.343 e. The van der Waals surface area contributed by atoms with Crippen LogP contribution in [0.15, 0.2) is 51.7 Å². The van der Waals surface area contributed by atoms with Gasteiger partial charge < -0.3 is 14.6 Å². The highest BCUT2D eigenvalue weighted by atomic mass is 16.6. The highest BCUT2D eigenvalue weighted by Gasteiger charge is 2.26. The zero-order valence-corrected chi connectivity index (χ0v) is 14.2. The van der Waals surface area contributed by atoms with Crippen molar-refractivity contribution in [3.63, 3.8) is 0 Å². The predicted molar refractivity (Wildman–Crippen MR) is 96.1 cm³/mol. The topological polar surface area (TPSA) is 131 Å². The van der Waals surface area contributed by atoms with Crippen molar-refractivity contribution in [2.45, 2.75) is 19.3 Å². The summed E-state index contributed by atoms with van der Waals surface area (Å²) in [6.45, 7) is 1.34. The molecular weight excluding hydrogens is 354 g/mol. The first-order valence-corrected chi connectivity index (χ1v) is 8.00. The number of hydrogen-bond acceptors (Lipinski definition) is 7. The van der Waals surface area contributed by atoms with Gasteiger partial charge in [-0.2, -0.15) is 0 Å². The maximum atomic E-state index is 12.5. The van der Waals surface area contributed by atoms with Crippen LogP contribution in [0.4, 0.5) is 5.69 Å². The largest absolute Gasteiger partial charge is 0.508 e. The van der Waals surface area contributed by atoms with Crippen molar-refractivity contribution in [1.82, 2.24) is 0 Å². The Morgan fingerprint density at radius 2 is 1.85 bits per heavy atom. The number of phenols is 1. The summed E-state index contributed by atoms with van der Waals surface area (Å²) < 4.78 is 5.21. The SMILES string of the molecule is CC(=O)C[C@H](c1ccc([N+](=O)[O-])cc1)c1c(O)c2ccc(O)cc2oc1=O. The van der Waals surface area contributed by atoms with Crippen LogP contribution >= 0.6 is 0 Å². The third-order valence-electron chi connectivity index (χ3n) is 4.24. The third kappa shape index (κ3) is 3.50. The van der Waals surface area contributed by atoms with Gasteiger partial charge in [-0.05, 0) is 24.6 Å². The van der Waals surface area contributed by atoms with Gasteiger partial charge in [0, 0.05) is 30.5 Å². The second-order valence-corrected chi connectivity index (χ2v) is 6.14. The Balaban J connectivity index is 2.21. The standard InChI is InChI=1S/C19H15NO7/c1-10(21)8-15(11-2-4-12(5-3-11)20(25)26)17-18(23)14-7-6-13(22)9-16(14)27-19(17)24/h2-7,9,15,22-23H,8H2,1H3/t15-/m1/s1. The van der Waals surface area contributed by atoms with Crippen LogP contribution in [-0.4, -0.2) is 20.9 Å². The summed E-state index contributed by atoms with van der Waals surface area (Å²) in [6, 6.07) is 9.33. The molecule has 0 saturated heterocycles. The number of benzene rings is 2. The number of phenolic OH excluding ortho intramolecular Hbond substituents is 1. The molecule has 0 spiro atoms. The molecule has 0 radical (unpaired) electrons. The highest BCUT2D eigenvalue weighted by molar-refractivity contribution is 5.86. The second-order valence-electron chi connectivity index (χ2n) is 6.14. The van der Waals surface area contributed by atoms with Crippen LogP contribution in [0.25, 0.3) is 11.0 Å². The predicted octanol–water partition coefficient (Wildman–Crippen LogP) is 3.22. The van der Waals surface area contributed by atoms with E-state index in [1.165, 1.54) is 49.4 Å². The monoisotopic (exact) mass is 369 g/mol. The summed E-state index contributed by atoms with van der Waals surface area (Å²) in [4.78, 5) is 34.5. The van der Waals surface area contributed by atoms with Gasteiger partial charge in [0.1, 0.15) is 22.9 Å². The molecule has 1 atom stereocenters. The number of carbonyl (C=O) groups is 1. The van der Waals surface area contributed by atoms with Crippen LogP contribution in [0.5, 0.6) is 11.5 Å². The van der Waals surface area contributed by atoms with Crippen molar-refractivity contribution in [3.05, 3.63) is 74.1 Å². The van der Waals surface area contributed by atoms with E-state index in [2.05, 4.69) is 0 Å². The molecule has 27 heavy (non-hydrogen) atoms. The molecule has 8 nitrogen and oxygen atoms in total. The van der Waals surface area contributed by atoms with Crippen molar-refractivity contribution in [1.29, 1.82) is 0 Å². The molecule has 0 aliphatic rings. The Hall–Kier alpha value is -3.68. The van der Waals surface area contributed by atoms with Crippen LogP contribution in [0, 0.1) is 10.1 Å². The van der Waals surface area contributed by atoms with Crippen molar-refractivity contribution in [2.75, 3.05) is 0 Å². The first-order valence-electron chi connectivity index (χ1n) is 8.00. The Morgan fingerprint density at radius 1 is 1.19 bits per heavy atom. The molecule has 1 heterocycles. The zero-order valence-electron chi connectivity index (χ0n) is 14.2. The summed E-state index contributed by atoms with van der Waals surface area (Å²) in [5.74, 6) is -1.56. The number of carbonyl (C=O) groups excluding carboxylic acids is 1. The first kappa shape index (κ1) is 18.1. The van der Waals surface area contributed by atoms with Crippen LogP contribution < -0.4 is 5.63 Å². The first-order chi connectivity index (χ1) is 12.8. The molecule has 3 rings (SSSR count). The van der Waals surface area contributed by atoms with Crippen LogP contribution in [0.2, 0.25) is 0 Å². The van der Waals surface area contributed by atoms with Gasteiger partial charge in [-0.25, -0.2) is 4.79 Å². The van der Waals surface area contributed by atoms with Gasteiger partial charge in [0.05, 0.1) is 15.9 Å². The molecule has 0 aliphatic carbocycles. The summed E-state index contributed by atoms with van der Waals surface area (Å²) >= 11 is 0. The minimum absolute atomic E-state index is 0.00604. The molecule has 1 aromatic heterocycles. The van der Waals surface area contributed by atoms with E-state index in [1.54, 1.807) is 0 Å². The molecule has 0 amide bonds. The van der Waals surface area contributed by atoms with E-state index in [9.17, 15) is 29.9 Å². The number of non-ortho nitro benzene ring substituents is 1. The van der Waals surface area contributed by atoms with Gasteiger partial charge in [0.15, 0.2) is 0 Å². The summed E-state index contributed by atoms with van der Waals surface area (Å²) in [7, 11) is 0. The molecule has 0 aliphatic heterocycles. The number of Topliss-reactive ketones (excluding diaryl/α,β-unsaturated/α-hetero) is 1. The van der Waals surface area contributed by atoms with E-state index in [1.807, 2.05) is 0 Å². The number of fused-ring (bicyclic) bond motifs is 1. The molecule has 2 aromatic carbocycles. The number of ketones is 1. The average molecular weight is 369 g/mol. The zero-order chi connectivity index (χ0) is 19.7. The lowest BCUT2D eigenvalue weighted by molar-refractivity contribution is -0.384. The van der Waals surface area contributed by atoms with Crippen LogP contribution in [0.1, 0.15) is 30.4 Å². The Labute approximate surface area is 152 Å². The quantitative estimate of drug-likeness (QED) is 0.401. The number of nitrogens with zero attached hydrogens (tertiary/aromatic N) is 1. The van der Waals surface area contributed by atoms with Crippen molar-refractivity contribution in [3.8, 4) is 11.5 Å². The van der Waals surface area contributed by atoms with Gasteiger partial charge in [0.25, 0.3) is 5.69 Å². The maximum absolute atomic E-state index is 12.5. The van der Waals surface area contributed by atoms with Gasteiger partial charge >= 0.3 is 5.63 Å². The Kier molecular flexibility index (Phi) is 4.64. The van der Waals surface area contributed by atoms with E-state index in [0.29, 0.717) is 5.56 Å². The number of aromatic hydroxyl groups is 2. The summed E-state index contributed by atoms with van der Waals surface area (Å²) in [5.41, 5.74) is -0.638. The number of hydrogen-bond donors (Lipinski definition) is 2. The molecule has 0 bridgehead atoms. The van der Waals surface area contributed by atoms with E-state index in [4.69, 9.17) is 4.42 Å². The smallest absolute Gasteiger partial charge is 0.343 e. The van der Waals surface area contributed by atoms with Gasteiger partial charge in [-0.3, -0.25) is 14.9 Å². The lowest BCUT2D eigenvalue weighted by Gasteiger charge is -2.17. The molecule has 2 N–H and O–H groups in total. The fourth-order valence-corrected chi connectivity index (χ4v) is 3.00. The number of rotatable bonds is 5. The summed E-state index contributed by atoms with van der Waals surface area (Å²) in [5, 5.41) is 31.2. The van der Waals surface area contributed by atoms with E-state index < -0.39 is 16.5 Å². The molecule has 0 fully saturated rings. The van der Waals surface area contributed by atoms with Crippen molar-refractivity contribution >= 4 is 22.4 Å². The molecular formula is C19H15NO7. The van der Waals surface area contributed by atoms with E-state index >= 15 is 0 Å². The van der Waals surface area contributed by atoms with Gasteiger partial charge in [-0.1, -0.05) is 12.1 Å². The number of nitro benzene ring substituents is 1. The lowest BCUT2D eigenvalue weighted by Crippen LogP contribution is -2.16. The van der Waals surface area contributed by atoms with Crippen molar-refractivity contribution < 1.29 is 24.3 Å². The lowest BCUT2D eigenvalue weighted by atomic mass is 9.87. The highest BCUT2D eigenvalue weighted by Crippen LogP contribution is 2.37. The fourth-order valence-electron chi connectivity index (χ4n) is 3.00. The molecule has 0 saturated carbocycles. The third-order valence-corrected chi connectivity index (χ3v) is 4.24. The second kappa shape index (κ2) is 6.91. The minimum Gasteiger partial charge on any atom is -0.508 e. The fraction of sp³-hybridized carbons (Fsp3) is 0.158. The minimum atomic E-state index is -0.852. The summed E-state index contributed by atoms with van der Waals surface area (Å²) in [6.07, 6.45) is -0.0975. The van der Waals surface area contributed by atoms with Gasteiger partial charge in [-0.15, -0.1) is 0 Å². The molecule has 3 aromatic rings. The molecule has 8 heteroatoms.